The van der Waals surface area contributed by atoms with Gasteiger partial charge in [-0.25, -0.2) is 4.39 Å². The highest BCUT2D eigenvalue weighted by molar-refractivity contribution is 6.36. The summed E-state index contributed by atoms with van der Waals surface area (Å²) in [7, 11) is 0. The van der Waals surface area contributed by atoms with Crippen LogP contribution in [0.25, 0.3) is 0 Å². The van der Waals surface area contributed by atoms with E-state index in [0.717, 1.165) is 0 Å². The quantitative estimate of drug-likeness (QED) is 0.770. The van der Waals surface area contributed by atoms with E-state index in [-0.39, 0.29) is 24.0 Å². The third-order valence-corrected chi connectivity index (χ3v) is 5.17. The van der Waals surface area contributed by atoms with E-state index in [4.69, 9.17) is 34.8 Å². The SMILES string of the molecule is O=C(CN1CCN(C(=O)c2ccc(Cl)cc2Cl)CC1)Nc1cc(Cl)ccc1F. The lowest BCUT2D eigenvalue weighted by atomic mass is 10.1. The molecule has 2 aromatic carbocycles. The predicted molar refractivity (Wildman–Crippen MR) is 109 cm³/mol. The largest absolute Gasteiger partial charge is 0.336 e. The van der Waals surface area contributed by atoms with Gasteiger partial charge in [-0.1, -0.05) is 34.8 Å². The number of hydrogen-bond donors (Lipinski definition) is 1. The molecule has 1 fully saturated rings. The molecule has 5 nitrogen and oxygen atoms in total. The van der Waals surface area contributed by atoms with Crippen molar-refractivity contribution in [1.82, 2.24) is 9.80 Å². The zero-order valence-corrected chi connectivity index (χ0v) is 17.0. The Kier molecular flexibility index (Phi) is 6.78. The Morgan fingerprint density at radius 1 is 0.964 bits per heavy atom. The number of benzene rings is 2. The van der Waals surface area contributed by atoms with Crippen molar-refractivity contribution in [3.8, 4) is 0 Å². The van der Waals surface area contributed by atoms with Gasteiger partial charge in [0.25, 0.3) is 5.91 Å². The highest BCUT2D eigenvalue weighted by atomic mass is 35.5. The zero-order chi connectivity index (χ0) is 20.3. The molecule has 0 atom stereocenters. The molecule has 1 heterocycles. The van der Waals surface area contributed by atoms with Crippen molar-refractivity contribution >= 4 is 52.3 Å². The van der Waals surface area contributed by atoms with Crippen LogP contribution in [0.1, 0.15) is 10.4 Å². The van der Waals surface area contributed by atoms with Crippen molar-refractivity contribution in [1.29, 1.82) is 0 Å². The number of piperazine rings is 1. The molecular weight excluding hydrogens is 428 g/mol. The molecule has 3 rings (SSSR count). The lowest BCUT2D eigenvalue weighted by Gasteiger charge is -2.34. The van der Waals surface area contributed by atoms with E-state index in [1.54, 1.807) is 17.0 Å². The number of hydrogen-bond acceptors (Lipinski definition) is 3. The second-order valence-electron chi connectivity index (χ2n) is 6.36. The van der Waals surface area contributed by atoms with Crippen molar-refractivity contribution < 1.29 is 14.0 Å². The molecule has 1 saturated heterocycles. The first-order valence-corrected chi connectivity index (χ1v) is 9.68. The number of halogens is 4. The van der Waals surface area contributed by atoms with Gasteiger partial charge >= 0.3 is 0 Å². The molecule has 9 heteroatoms. The first-order valence-electron chi connectivity index (χ1n) is 8.55. The fraction of sp³-hybridized carbons (Fsp3) is 0.263. The number of anilines is 1. The van der Waals surface area contributed by atoms with Gasteiger partial charge in [-0.3, -0.25) is 14.5 Å². The number of amides is 2. The summed E-state index contributed by atoms with van der Waals surface area (Å²) in [4.78, 5) is 28.4. The van der Waals surface area contributed by atoms with Crippen molar-refractivity contribution in [2.75, 3.05) is 38.0 Å². The topological polar surface area (TPSA) is 52.7 Å². The molecule has 1 N–H and O–H groups in total. The van der Waals surface area contributed by atoms with Crippen LogP contribution in [-0.2, 0) is 4.79 Å². The second-order valence-corrected chi connectivity index (χ2v) is 7.64. The molecule has 0 aliphatic carbocycles. The Bertz CT molecular complexity index is 902. The summed E-state index contributed by atoms with van der Waals surface area (Å²) in [6.45, 7) is 2.04. The van der Waals surface area contributed by atoms with E-state index in [2.05, 4.69) is 5.32 Å². The first-order chi connectivity index (χ1) is 13.3. The minimum Gasteiger partial charge on any atom is -0.336 e. The summed E-state index contributed by atoms with van der Waals surface area (Å²) in [5.74, 6) is -1.07. The highest BCUT2D eigenvalue weighted by Gasteiger charge is 2.24. The van der Waals surface area contributed by atoms with E-state index in [1.165, 1.54) is 24.3 Å². The van der Waals surface area contributed by atoms with Crippen LogP contribution in [0, 0.1) is 5.82 Å². The molecule has 0 radical (unpaired) electrons. The van der Waals surface area contributed by atoms with E-state index in [0.29, 0.717) is 46.8 Å². The summed E-state index contributed by atoms with van der Waals surface area (Å²) in [6.07, 6.45) is 0. The molecule has 148 valence electrons. The molecule has 0 unspecified atom stereocenters. The standard InChI is InChI=1S/C19H17Cl3FN3O2/c20-12-1-3-14(15(22)9-12)19(28)26-7-5-25(6-8-26)11-18(27)24-17-10-13(21)2-4-16(17)23/h1-4,9-10H,5-8,11H2,(H,24,27). The third-order valence-electron chi connectivity index (χ3n) is 4.39. The van der Waals surface area contributed by atoms with Crippen LogP contribution < -0.4 is 5.32 Å². The van der Waals surface area contributed by atoms with Crippen molar-refractivity contribution in [2.24, 2.45) is 0 Å². The van der Waals surface area contributed by atoms with E-state index >= 15 is 0 Å². The summed E-state index contributed by atoms with van der Waals surface area (Å²) in [5, 5.41) is 3.63. The maximum absolute atomic E-state index is 13.7. The highest BCUT2D eigenvalue weighted by Crippen LogP contribution is 2.23. The molecular formula is C19H17Cl3FN3O2. The van der Waals surface area contributed by atoms with Gasteiger partial charge in [0, 0.05) is 36.2 Å². The Morgan fingerprint density at radius 2 is 1.61 bits per heavy atom. The maximum Gasteiger partial charge on any atom is 0.255 e. The lowest BCUT2D eigenvalue weighted by molar-refractivity contribution is -0.117. The minimum atomic E-state index is -0.548. The Labute approximate surface area is 177 Å². The maximum atomic E-state index is 13.7. The molecule has 2 aromatic rings. The van der Waals surface area contributed by atoms with Crippen LogP contribution in [-0.4, -0.2) is 54.3 Å². The van der Waals surface area contributed by atoms with E-state index < -0.39 is 5.82 Å². The smallest absolute Gasteiger partial charge is 0.255 e. The summed E-state index contributed by atoms with van der Waals surface area (Å²) in [5.41, 5.74) is 0.442. The van der Waals surface area contributed by atoms with Gasteiger partial charge in [0.15, 0.2) is 0 Å². The molecule has 0 aromatic heterocycles. The van der Waals surface area contributed by atoms with Crippen molar-refractivity contribution in [2.45, 2.75) is 0 Å². The van der Waals surface area contributed by atoms with Crippen molar-refractivity contribution in [3.05, 3.63) is 62.8 Å². The number of nitrogens with zero attached hydrogens (tertiary/aromatic N) is 2. The van der Waals surface area contributed by atoms with Gasteiger partial charge in [0.1, 0.15) is 5.82 Å². The number of nitrogens with one attached hydrogen (secondary N) is 1. The zero-order valence-electron chi connectivity index (χ0n) is 14.7. The van der Waals surface area contributed by atoms with E-state index in [1.807, 2.05) is 4.90 Å². The van der Waals surface area contributed by atoms with Gasteiger partial charge in [-0.15, -0.1) is 0 Å². The lowest BCUT2D eigenvalue weighted by Crippen LogP contribution is -2.50. The molecule has 0 saturated carbocycles. The number of carbonyl (C=O) groups excluding carboxylic acids is 2. The van der Waals surface area contributed by atoms with Crippen LogP contribution in [0.4, 0.5) is 10.1 Å². The van der Waals surface area contributed by atoms with Gasteiger partial charge < -0.3 is 10.2 Å². The Hall–Kier alpha value is -1.86. The van der Waals surface area contributed by atoms with Gasteiger partial charge in [0.05, 0.1) is 22.8 Å². The summed E-state index contributed by atoms with van der Waals surface area (Å²) >= 11 is 17.8. The van der Waals surface area contributed by atoms with Gasteiger partial charge in [-0.2, -0.15) is 0 Å². The second kappa shape index (κ2) is 9.09. The third kappa shape index (κ3) is 5.14. The van der Waals surface area contributed by atoms with Crippen LogP contribution in [0.2, 0.25) is 15.1 Å². The summed E-state index contributed by atoms with van der Waals surface area (Å²) < 4.78 is 13.7. The van der Waals surface area contributed by atoms with Gasteiger partial charge in [0.2, 0.25) is 5.91 Å². The fourth-order valence-electron chi connectivity index (χ4n) is 2.93. The average molecular weight is 445 g/mol. The molecule has 1 aliphatic rings. The van der Waals surface area contributed by atoms with Crippen molar-refractivity contribution in [3.63, 3.8) is 0 Å². The predicted octanol–water partition coefficient (Wildman–Crippen LogP) is 4.18. The first kappa shape index (κ1) is 20.9. The number of carbonyl (C=O) groups is 2. The Balaban J connectivity index is 1.53. The fourth-order valence-corrected chi connectivity index (χ4v) is 3.59. The normalized spacial score (nSPS) is 14.8. The van der Waals surface area contributed by atoms with Crippen LogP contribution >= 0.6 is 34.8 Å². The van der Waals surface area contributed by atoms with E-state index in [9.17, 15) is 14.0 Å². The monoisotopic (exact) mass is 443 g/mol. The molecule has 28 heavy (non-hydrogen) atoms. The molecule has 1 aliphatic heterocycles. The average Bonchev–Trinajstić information content (AvgIpc) is 2.65. The summed E-state index contributed by atoms with van der Waals surface area (Å²) in [6, 6.07) is 8.73. The molecule has 2 amide bonds. The van der Waals surface area contributed by atoms with Crippen LogP contribution in [0.3, 0.4) is 0 Å². The van der Waals surface area contributed by atoms with Gasteiger partial charge in [-0.05, 0) is 36.4 Å². The van der Waals surface area contributed by atoms with Crippen LogP contribution in [0.5, 0.6) is 0 Å². The molecule has 0 spiro atoms. The number of rotatable bonds is 4. The van der Waals surface area contributed by atoms with Crippen LogP contribution in [0.15, 0.2) is 36.4 Å². The minimum absolute atomic E-state index is 0.0451. The molecule has 0 bridgehead atoms. The Morgan fingerprint density at radius 3 is 2.29 bits per heavy atom.